The molecule has 0 saturated carbocycles. The van der Waals surface area contributed by atoms with Gasteiger partial charge in [-0.05, 0) is 36.2 Å². The number of aromatic hydroxyl groups is 1. The third-order valence-electron chi connectivity index (χ3n) is 3.91. The number of phenols is 1. The highest BCUT2D eigenvalue weighted by atomic mass is 19.1. The number of rotatable bonds is 9. The van der Waals surface area contributed by atoms with Gasteiger partial charge in [0.15, 0.2) is 0 Å². The Balaban J connectivity index is 2.05. The van der Waals surface area contributed by atoms with E-state index in [2.05, 4.69) is 11.9 Å². The molecule has 1 aromatic carbocycles. The van der Waals surface area contributed by atoms with Crippen LogP contribution in [0.1, 0.15) is 44.1 Å². The molecular weight excluding hydrogens is 293 g/mol. The zero-order valence-corrected chi connectivity index (χ0v) is 13.5. The summed E-state index contributed by atoms with van der Waals surface area (Å²) < 4.78 is 20.4. The molecule has 0 aliphatic carbocycles. The summed E-state index contributed by atoms with van der Waals surface area (Å²) in [5.41, 5.74) is 0.843. The molecule has 0 radical (unpaired) electrons. The zero-order chi connectivity index (χ0) is 16.5. The molecule has 124 valence electrons. The van der Waals surface area contributed by atoms with Gasteiger partial charge in [-0.3, -0.25) is 4.98 Å². The van der Waals surface area contributed by atoms with Crippen LogP contribution in [0, 0.1) is 0 Å². The molecule has 1 aromatic heterocycles. The standard InChI is InChI=1S/C19H24FNO2/c1-2-3-4-7-19(20)18(15-8-10-16(22)11-9-15)14-23-17-6-5-12-21-13-17/h5-6,8-13,18-19,22H,2-4,7,14H2,1H3. The Morgan fingerprint density at radius 1 is 1.17 bits per heavy atom. The Hall–Kier alpha value is -2.10. The molecule has 2 rings (SSSR count). The maximum absolute atomic E-state index is 14.7. The normalized spacial score (nSPS) is 13.5. The van der Waals surface area contributed by atoms with Gasteiger partial charge in [0.2, 0.25) is 0 Å². The van der Waals surface area contributed by atoms with E-state index in [1.165, 1.54) is 0 Å². The first-order valence-corrected chi connectivity index (χ1v) is 8.16. The lowest BCUT2D eigenvalue weighted by atomic mass is 9.92. The van der Waals surface area contributed by atoms with Crippen molar-refractivity contribution < 1.29 is 14.2 Å². The van der Waals surface area contributed by atoms with Crippen molar-refractivity contribution in [1.82, 2.24) is 4.98 Å². The average molecular weight is 317 g/mol. The van der Waals surface area contributed by atoms with Crippen LogP contribution < -0.4 is 4.74 Å². The van der Waals surface area contributed by atoms with Crippen LogP contribution in [0.2, 0.25) is 0 Å². The lowest BCUT2D eigenvalue weighted by Gasteiger charge is -2.22. The van der Waals surface area contributed by atoms with E-state index in [1.54, 1.807) is 42.7 Å². The van der Waals surface area contributed by atoms with Crippen molar-refractivity contribution in [3.8, 4) is 11.5 Å². The summed E-state index contributed by atoms with van der Waals surface area (Å²) in [6, 6.07) is 10.3. The molecular formula is C19H24FNO2. The number of hydrogen-bond donors (Lipinski definition) is 1. The van der Waals surface area contributed by atoms with Crippen molar-refractivity contribution in [3.05, 3.63) is 54.4 Å². The smallest absolute Gasteiger partial charge is 0.137 e. The van der Waals surface area contributed by atoms with Crippen LogP contribution in [0.15, 0.2) is 48.8 Å². The number of halogens is 1. The predicted octanol–water partition coefficient (Wildman–Crippen LogP) is 4.87. The SMILES string of the molecule is CCCCCC(F)C(COc1cccnc1)c1ccc(O)cc1. The number of pyridine rings is 1. The number of benzene rings is 1. The molecule has 0 bridgehead atoms. The van der Waals surface area contributed by atoms with Gasteiger partial charge in [-0.1, -0.05) is 38.3 Å². The Bertz CT molecular complexity index is 559. The van der Waals surface area contributed by atoms with E-state index in [4.69, 9.17) is 4.74 Å². The fourth-order valence-corrected chi connectivity index (χ4v) is 2.54. The quantitative estimate of drug-likeness (QED) is 0.671. The Morgan fingerprint density at radius 2 is 1.96 bits per heavy atom. The minimum atomic E-state index is -0.970. The summed E-state index contributed by atoms with van der Waals surface area (Å²) >= 11 is 0. The molecule has 3 nitrogen and oxygen atoms in total. The number of unbranched alkanes of at least 4 members (excludes halogenated alkanes) is 2. The summed E-state index contributed by atoms with van der Waals surface area (Å²) in [4.78, 5) is 4.00. The molecule has 2 unspecified atom stereocenters. The molecule has 0 aliphatic rings. The van der Waals surface area contributed by atoms with Crippen LogP contribution in [0.25, 0.3) is 0 Å². The van der Waals surface area contributed by atoms with Gasteiger partial charge in [0, 0.05) is 12.1 Å². The van der Waals surface area contributed by atoms with Crippen molar-refractivity contribution in [3.63, 3.8) is 0 Å². The van der Waals surface area contributed by atoms with Crippen LogP contribution in [-0.2, 0) is 0 Å². The molecule has 0 aliphatic heterocycles. The Morgan fingerprint density at radius 3 is 2.61 bits per heavy atom. The number of aromatic nitrogens is 1. The molecule has 1 N–H and O–H groups in total. The second-order valence-corrected chi connectivity index (χ2v) is 5.71. The number of phenolic OH excluding ortho intramolecular Hbond substituents is 1. The molecule has 4 heteroatoms. The summed E-state index contributed by atoms with van der Waals surface area (Å²) in [7, 11) is 0. The van der Waals surface area contributed by atoms with E-state index in [9.17, 15) is 9.50 Å². The van der Waals surface area contributed by atoms with E-state index >= 15 is 0 Å². The molecule has 23 heavy (non-hydrogen) atoms. The van der Waals surface area contributed by atoms with E-state index in [0.29, 0.717) is 12.2 Å². The largest absolute Gasteiger partial charge is 0.508 e. The van der Waals surface area contributed by atoms with Crippen molar-refractivity contribution >= 4 is 0 Å². The van der Waals surface area contributed by atoms with E-state index in [1.807, 2.05) is 6.07 Å². The summed E-state index contributed by atoms with van der Waals surface area (Å²) in [5.74, 6) is 0.465. The number of nitrogens with zero attached hydrogens (tertiary/aromatic N) is 1. The van der Waals surface area contributed by atoms with Gasteiger partial charge >= 0.3 is 0 Å². The molecule has 0 saturated heterocycles. The molecule has 0 spiro atoms. The number of hydrogen-bond acceptors (Lipinski definition) is 3. The zero-order valence-electron chi connectivity index (χ0n) is 13.5. The van der Waals surface area contributed by atoms with Crippen molar-refractivity contribution in [2.45, 2.75) is 44.7 Å². The van der Waals surface area contributed by atoms with Crippen LogP contribution in [0.4, 0.5) is 4.39 Å². The van der Waals surface area contributed by atoms with Crippen molar-refractivity contribution in [2.24, 2.45) is 0 Å². The van der Waals surface area contributed by atoms with Gasteiger partial charge in [0.05, 0.1) is 12.8 Å². The van der Waals surface area contributed by atoms with Crippen molar-refractivity contribution in [2.75, 3.05) is 6.61 Å². The minimum Gasteiger partial charge on any atom is -0.508 e. The van der Waals surface area contributed by atoms with Gasteiger partial charge in [-0.25, -0.2) is 4.39 Å². The van der Waals surface area contributed by atoms with E-state index in [0.717, 1.165) is 24.8 Å². The Labute approximate surface area is 137 Å². The number of ether oxygens (including phenoxy) is 1. The summed E-state index contributed by atoms with van der Waals surface area (Å²) in [5, 5.41) is 9.43. The van der Waals surface area contributed by atoms with Gasteiger partial charge in [0.1, 0.15) is 17.7 Å². The lowest BCUT2D eigenvalue weighted by Crippen LogP contribution is -2.21. The highest BCUT2D eigenvalue weighted by Gasteiger charge is 2.23. The second-order valence-electron chi connectivity index (χ2n) is 5.71. The maximum atomic E-state index is 14.7. The summed E-state index contributed by atoms with van der Waals surface area (Å²) in [6.45, 7) is 2.36. The maximum Gasteiger partial charge on any atom is 0.137 e. The highest BCUT2D eigenvalue weighted by molar-refractivity contribution is 5.29. The van der Waals surface area contributed by atoms with Crippen LogP contribution in [0.5, 0.6) is 11.5 Å². The Kier molecular flexibility index (Phi) is 6.85. The lowest BCUT2D eigenvalue weighted by molar-refractivity contribution is 0.189. The fraction of sp³-hybridized carbons (Fsp3) is 0.421. The van der Waals surface area contributed by atoms with Crippen LogP contribution in [0.3, 0.4) is 0 Å². The molecule has 1 heterocycles. The van der Waals surface area contributed by atoms with Gasteiger partial charge in [0.25, 0.3) is 0 Å². The third-order valence-corrected chi connectivity index (χ3v) is 3.91. The monoisotopic (exact) mass is 317 g/mol. The highest BCUT2D eigenvalue weighted by Crippen LogP contribution is 2.28. The minimum absolute atomic E-state index is 0.182. The average Bonchev–Trinajstić information content (AvgIpc) is 2.58. The number of alkyl halides is 1. The topological polar surface area (TPSA) is 42.4 Å². The first-order valence-electron chi connectivity index (χ1n) is 8.16. The van der Waals surface area contributed by atoms with Gasteiger partial charge in [-0.15, -0.1) is 0 Å². The predicted molar refractivity (Wildman–Crippen MR) is 89.6 cm³/mol. The first-order chi connectivity index (χ1) is 11.2. The molecule has 2 aromatic rings. The third kappa shape index (κ3) is 5.55. The first kappa shape index (κ1) is 17.3. The van der Waals surface area contributed by atoms with Gasteiger partial charge < -0.3 is 9.84 Å². The molecule has 2 atom stereocenters. The molecule has 0 amide bonds. The van der Waals surface area contributed by atoms with E-state index in [-0.39, 0.29) is 18.3 Å². The van der Waals surface area contributed by atoms with Crippen LogP contribution in [-0.4, -0.2) is 22.9 Å². The van der Waals surface area contributed by atoms with E-state index < -0.39 is 6.17 Å². The van der Waals surface area contributed by atoms with Crippen molar-refractivity contribution in [1.29, 1.82) is 0 Å². The summed E-state index contributed by atoms with van der Waals surface area (Å²) in [6.07, 6.45) is 5.83. The molecule has 0 fully saturated rings. The van der Waals surface area contributed by atoms with Gasteiger partial charge in [-0.2, -0.15) is 0 Å². The second kappa shape index (κ2) is 9.13. The fourth-order valence-electron chi connectivity index (χ4n) is 2.54. The van der Waals surface area contributed by atoms with Crippen LogP contribution >= 0.6 is 0 Å².